The van der Waals surface area contributed by atoms with Gasteiger partial charge in [0, 0.05) is 23.9 Å². The average molecular weight is 370 g/mol. The van der Waals surface area contributed by atoms with Crippen LogP contribution in [0.5, 0.6) is 0 Å². The summed E-state index contributed by atoms with van der Waals surface area (Å²) in [5.74, 6) is -4.61. The summed E-state index contributed by atoms with van der Waals surface area (Å²) in [5, 5.41) is 23.2. The maximum Gasteiger partial charge on any atom is 0.411 e. The number of aliphatic carboxylic acids is 2. The first-order chi connectivity index (χ1) is 12.8. The van der Waals surface area contributed by atoms with Gasteiger partial charge in [-0.05, 0) is 22.9 Å². The minimum atomic E-state index is -1.69. The molecular formula is C19H18N2O6. The highest BCUT2D eigenvalue weighted by Gasteiger charge is 2.75. The van der Waals surface area contributed by atoms with Crippen LogP contribution >= 0.6 is 0 Å². The molecule has 2 saturated carbocycles. The summed E-state index contributed by atoms with van der Waals surface area (Å²) in [7, 11) is 0. The molecule has 140 valence electrons. The number of carboxylic acids is 2. The van der Waals surface area contributed by atoms with E-state index in [1.807, 2.05) is 30.3 Å². The van der Waals surface area contributed by atoms with Crippen molar-refractivity contribution in [2.24, 2.45) is 23.5 Å². The molecule has 0 spiro atoms. The van der Waals surface area contributed by atoms with Crippen molar-refractivity contribution in [3.63, 3.8) is 0 Å². The molecule has 0 aliphatic heterocycles. The predicted octanol–water partition coefficient (Wildman–Crippen LogP) is 1.89. The second kappa shape index (κ2) is 5.95. The van der Waals surface area contributed by atoms with Crippen molar-refractivity contribution in [3.05, 3.63) is 42.5 Å². The van der Waals surface area contributed by atoms with Gasteiger partial charge in [0.05, 0.1) is 5.92 Å². The van der Waals surface area contributed by atoms with Crippen LogP contribution in [0.25, 0.3) is 10.8 Å². The third-order valence-electron chi connectivity index (χ3n) is 5.58. The highest BCUT2D eigenvalue weighted by Crippen LogP contribution is 2.62. The molecule has 2 aliphatic rings. The lowest BCUT2D eigenvalue weighted by molar-refractivity contribution is -0.146. The van der Waals surface area contributed by atoms with Crippen molar-refractivity contribution in [3.8, 4) is 0 Å². The number of carboxylic acid groups (broad SMARTS) is 2. The number of nitrogens with one attached hydrogen (secondary N) is 1. The third-order valence-corrected chi connectivity index (χ3v) is 5.58. The molecule has 4 rings (SSSR count). The fourth-order valence-electron chi connectivity index (χ4n) is 4.29. The van der Waals surface area contributed by atoms with Gasteiger partial charge in [-0.15, -0.1) is 0 Å². The number of fused-ring (bicyclic) bond motifs is 2. The van der Waals surface area contributed by atoms with E-state index < -0.39 is 47.4 Å². The van der Waals surface area contributed by atoms with Gasteiger partial charge in [0.2, 0.25) is 0 Å². The van der Waals surface area contributed by atoms with Gasteiger partial charge >= 0.3 is 18.0 Å². The summed E-state index contributed by atoms with van der Waals surface area (Å²) in [6.45, 7) is 0. The van der Waals surface area contributed by atoms with Crippen molar-refractivity contribution >= 4 is 34.5 Å². The Bertz CT molecular complexity index is 960. The van der Waals surface area contributed by atoms with Gasteiger partial charge in [0.1, 0.15) is 11.6 Å². The number of ether oxygens (including phenoxy) is 1. The lowest BCUT2D eigenvalue weighted by Crippen LogP contribution is -2.51. The number of benzene rings is 2. The maximum atomic E-state index is 12.3. The van der Waals surface area contributed by atoms with E-state index in [1.165, 1.54) is 0 Å². The molecule has 0 saturated heterocycles. The van der Waals surface area contributed by atoms with E-state index in [4.69, 9.17) is 10.5 Å². The van der Waals surface area contributed by atoms with Gasteiger partial charge in [-0.3, -0.25) is 14.9 Å². The van der Waals surface area contributed by atoms with E-state index in [2.05, 4.69) is 5.32 Å². The van der Waals surface area contributed by atoms with Crippen LogP contribution in [-0.2, 0) is 14.3 Å². The summed E-state index contributed by atoms with van der Waals surface area (Å²) >= 11 is 0. The molecule has 2 aromatic rings. The van der Waals surface area contributed by atoms with E-state index in [9.17, 15) is 24.6 Å². The quantitative estimate of drug-likeness (QED) is 0.644. The molecule has 0 aromatic heterocycles. The highest BCUT2D eigenvalue weighted by molar-refractivity contribution is 5.91. The number of carbonyl (C=O) groups excluding carboxylic acids is 1. The van der Waals surface area contributed by atoms with E-state index in [1.54, 1.807) is 12.1 Å². The second-order valence-electron chi connectivity index (χ2n) is 7.15. The van der Waals surface area contributed by atoms with Gasteiger partial charge in [-0.25, -0.2) is 4.79 Å². The summed E-state index contributed by atoms with van der Waals surface area (Å²) in [6.07, 6.45) is -1.72. The van der Waals surface area contributed by atoms with Crippen molar-refractivity contribution in [2.75, 3.05) is 5.32 Å². The average Bonchev–Trinajstić information content (AvgIpc) is 3.31. The van der Waals surface area contributed by atoms with Crippen LogP contribution in [0.15, 0.2) is 42.5 Å². The number of anilines is 1. The molecule has 0 bridgehead atoms. The molecule has 8 heteroatoms. The highest BCUT2D eigenvalue weighted by atomic mass is 16.6. The van der Waals surface area contributed by atoms with Crippen LogP contribution in [0.1, 0.15) is 6.42 Å². The van der Waals surface area contributed by atoms with E-state index in [-0.39, 0.29) is 6.42 Å². The zero-order valence-electron chi connectivity index (χ0n) is 14.2. The van der Waals surface area contributed by atoms with Crippen molar-refractivity contribution in [1.82, 2.24) is 0 Å². The fraction of sp³-hybridized carbons (Fsp3) is 0.316. The summed E-state index contributed by atoms with van der Waals surface area (Å²) in [6, 6.07) is 13.0. The molecule has 5 N–H and O–H groups in total. The zero-order valence-corrected chi connectivity index (χ0v) is 14.2. The SMILES string of the molecule is N[C@@]1(C(=O)O)C[C@H](OC(=O)Nc2ccc3ccccc3c2)[C@H]2[C@H](C(=O)O)[C@H]21. The lowest BCUT2D eigenvalue weighted by Gasteiger charge is -2.24. The van der Waals surface area contributed by atoms with Gasteiger partial charge in [-0.1, -0.05) is 30.3 Å². The number of nitrogens with two attached hydrogens (primary N) is 1. The molecule has 0 radical (unpaired) electrons. The van der Waals surface area contributed by atoms with Crippen molar-refractivity contribution < 1.29 is 29.3 Å². The standard InChI is InChI=1S/C19H18N2O6/c20-19(17(24)25)8-12(13-14(15(13)19)16(22)23)27-18(26)21-11-6-5-9-3-1-2-4-10(9)7-11/h1-7,12-15H,8,20H2,(H,21,26)(H,22,23)(H,24,25)/t12-,13-,14-,15-,19-/m0/s1. The Morgan fingerprint density at radius 2 is 1.81 bits per heavy atom. The Labute approximate surface area is 153 Å². The molecule has 1 amide bonds. The van der Waals surface area contributed by atoms with Gasteiger partial charge < -0.3 is 20.7 Å². The summed E-state index contributed by atoms with van der Waals surface area (Å²) < 4.78 is 5.35. The van der Waals surface area contributed by atoms with Crippen LogP contribution in [0, 0.1) is 17.8 Å². The predicted molar refractivity (Wildman–Crippen MR) is 95.1 cm³/mol. The number of hydrogen-bond acceptors (Lipinski definition) is 5. The van der Waals surface area contributed by atoms with Crippen LogP contribution in [0.2, 0.25) is 0 Å². The third kappa shape index (κ3) is 2.78. The zero-order chi connectivity index (χ0) is 19.3. The molecule has 0 heterocycles. The largest absolute Gasteiger partial charge is 0.481 e. The maximum absolute atomic E-state index is 12.3. The van der Waals surface area contributed by atoms with Gasteiger partial charge in [0.15, 0.2) is 0 Å². The first kappa shape index (κ1) is 17.3. The summed E-state index contributed by atoms with van der Waals surface area (Å²) in [5.41, 5.74) is 4.75. The Balaban J connectivity index is 1.47. The molecule has 2 aliphatic carbocycles. The molecule has 5 atom stereocenters. The molecule has 2 fully saturated rings. The van der Waals surface area contributed by atoms with E-state index >= 15 is 0 Å². The summed E-state index contributed by atoms with van der Waals surface area (Å²) in [4.78, 5) is 35.1. The molecule has 0 unspecified atom stereocenters. The Morgan fingerprint density at radius 1 is 1.11 bits per heavy atom. The number of rotatable bonds is 4. The van der Waals surface area contributed by atoms with Gasteiger partial charge in [0.25, 0.3) is 0 Å². The van der Waals surface area contributed by atoms with Crippen molar-refractivity contribution in [1.29, 1.82) is 0 Å². The second-order valence-corrected chi connectivity index (χ2v) is 7.15. The van der Waals surface area contributed by atoms with Crippen molar-refractivity contribution in [2.45, 2.75) is 18.1 Å². The van der Waals surface area contributed by atoms with Crippen LogP contribution in [0.4, 0.5) is 10.5 Å². The topological polar surface area (TPSA) is 139 Å². The monoisotopic (exact) mass is 370 g/mol. The van der Waals surface area contributed by atoms with E-state index in [0.29, 0.717) is 5.69 Å². The van der Waals surface area contributed by atoms with Crippen LogP contribution in [0.3, 0.4) is 0 Å². The normalized spacial score (nSPS) is 31.1. The Morgan fingerprint density at radius 3 is 2.48 bits per heavy atom. The lowest BCUT2D eigenvalue weighted by atomic mass is 9.91. The Kier molecular flexibility index (Phi) is 3.81. The van der Waals surface area contributed by atoms with Crippen LogP contribution in [-0.4, -0.2) is 39.9 Å². The molecule has 27 heavy (non-hydrogen) atoms. The minimum Gasteiger partial charge on any atom is -0.481 e. The number of carbonyl (C=O) groups is 3. The van der Waals surface area contributed by atoms with E-state index in [0.717, 1.165) is 10.8 Å². The minimum absolute atomic E-state index is 0.105. The van der Waals surface area contributed by atoms with Gasteiger partial charge in [-0.2, -0.15) is 0 Å². The number of hydrogen-bond donors (Lipinski definition) is 4. The molecule has 8 nitrogen and oxygen atoms in total. The Hall–Kier alpha value is -3.13. The fourth-order valence-corrected chi connectivity index (χ4v) is 4.29. The number of amides is 1. The smallest absolute Gasteiger partial charge is 0.411 e. The molecular weight excluding hydrogens is 352 g/mol. The first-order valence-electron chi connectivity index (χ1n) is 8.53. The molecule has 2 aromatic carbocycles. The first-order valence-corrected chi connectivity index (χ1v) is 8.53. The van der Waals surface area contributed by atoms with Crippen LogP contribution < -0.4 is 11.1 Å².